The molecular weight excluding hydrogens is 441 g/mol. The summed E-state index contributed by atoms with van der Waals surface area (Å²) < 4.78 is 38.6. The highest BCUT2D eigenvalue weighted by molar-refractivity contribution is 5.83. The monoisotopic (exact) mass is 460 g/mol. The van der Waals surface area contributed by atoms with Crippen molar-refractivity contribution in [2.24, 2.45) is 0 Å². The number of halogens is 3. The van der Waals surface area contributed by atoms with E-state index in [-0.39, 0.29) is 5.56 Å². The number of aryl methyl sites for hydroxylation is 2. The highest BCUT2D eigenvalue weighted by atomic mass is 19.4. The molecule has 33 heavy (non-hydrogen) atoms. The lowest BCUT2D eigenvalue weighted by atomic mass is 10.1. The number of carboxylic acids is 1. The SMILES string of the molecule is COc1ccc(CCn2cnc3ccc(-c4cn[nH]c4)cc3c2=O)cc1.O=C(O)C(F)(F)F. The van der Waals surface area contributed by atoms with Gasteiger partial charge in [-0.05, 0) is 41.8 Å². The predicted molar refractivity (Wildman–Crippen MR) is 114 cm³/mol. The highest BCUT2D eigenvalue weighted by Crippen LogP contribution is 2.21. The number of aromatic amines is 1. The summed E-state index contributed by atoms with van der Waals surface area (Å²) >= 11 is 0. The van der Waals surface area contributed by atoms with E-state index in [0.717, 1.165) is 28.9 Å². The molecule has 0 spiro atoms. The van der Waals surface area contributed by atoms with Crippen molar-refractivity contribution in [2.45, 2.75) is 19.1 Å². The van der Waals surface area contributed by atoms with Crippen LogP contribution in [-0.4, -0.2) is 44.1 Å². The molecule has 0 amide bonds. The summed E-state index contributed by atoms with van der Waals surface area (Å²) in [5.41, 5.74) is 3.69. The number of methoxy groups -OCH3 is 1. The van der Waals surface area contributed by atoms with Gasteiger partial charge in [-0.2, -0.15) is 18.3 Å². The van der Waals surface area contributed by atoms with Gasteiger partial charge in [-0.1, -0.05) is 18.2 Å². The summed E-state index contributed by atoms with van der Waals surface area (Å²) in [4.78, 5) is 26.2. The van der Waals surface area contributed by atoms with E-state index < -0.39 is 12.1 Å². The molecular formula is C22H19F3N4O4. The first kappa shape index (κ1) is 23.5. The Kier molecular flexibility index (Phi) is 7.11. The molecule has 0 saturated heterocycles. The molecule has 0 atom stereocenters. The van der Waals surface area contributed by atoms with Crippen LogP contribution >= 0.6 is 0 Å². The molecule has 0 aliphatic carbocycles. The Morgan fingerprint density at radius 3 is 2.42 bits per heavy atom. The van der Waals surface area contributed by atoms with Crippen LogP contribution in [0.5, 0.6) is 5.75 Å². The van der Waals surface area contributed by atoms with Gasteiger partial charge in [0.25, 0.3) is 5.56 Å². The number of benzene rings is 2. The maximum absolute atomic E-state index is 12.9. The zero-order valence-electron chi connectivity index (χ0n) is 17.3. The Morgan fingerprint density at radius 2 is 1.85 bits per heavy atom. The van der Waals surface area contributed by atoms with E-state index in [1.165, 1.54) is 0 Å². The van der Waals surface area contributed by atoms with Gasteiger partial charge in [0.2, 0.25) is 0 Å². The first-order valence-corrected chi connectivity index (χ1v) is 9.60. The van der Waals surface area contributed by atoms with Gasteiger partial charge < -0.3 is 9.84 Å². The lowest BCUT2D eigenvalue weighted by Gasteiger charge is -2.08. The molecule has 0 radical (unpaired) electrons. The van der Waals surface area contributed by atoms with E-state index in [4.69, 9.17) is 14.6 Å². The van der Waals surface area contributed by atoms with Crippen LogP contribution in [0.2, 0.25) is 0 Å². The average molecular weight is 460 g/mol. The van der Waals surface area contributed by atoms with Gasteiger partial charge in [-0.15, -0.1) is 0 Å². The Morgan fingerprint density at radius 1 is 1.15 bits per heavy atom. The van der Waals surface area contributed by atoms with Crippen LogP contribution in [0.15, 0.2) is 66.0 Å². The van der Waals surface area contributed by atoms with Gasteiger partial charge in [0, 0.05) is 18.3 Å². The molecule has 0 fully saturated rings. The minimum Gasteiger partial charge on any atom is -0.497 e. The molecule has 0 bridgehead atoms. The van der Waals surface area contributed by atoms with E-state index in [1.54, 1.807) is 30.4 Å². The van der Waals surface area contributed by atoms with Crippen molar-refractivity contribution in [3.8, 4) is 16.9 Å². The van der Waals surface area contributed by atoms with Crippen molar-refractivity contribution in [1.29, 1.82) is 0 Å². The number of nitrogens with one attached hydrogen (secondary N) is 1. The third-order valence-electron chi connectivity index (χ3n) is 4.70. The van der Waals surface area contributed by atoms with E-state index in [9.17, 15) is 18.0 Å². The second-order valence-corrected chi connectivity index (χ2v) is 6.86. The normalized spacial score (nSPS) is 11.0. The number of carboxylic acid groups (broad SMARTS) is 1. The van der Waals surface area contributed by atoms with Crippen LogP contribution < -0.4 is 10.3 Å². The van der Waals surface area contributed by atoms with Crippen molar-refractivity contribution in [3.63, 3.8) is 0 Å². The Bertz CT molecular complexity index is 1280. The van der Waals surface area contributed by atoms with Gasteiger partial charge in [0.1, 0.15) is 5.75 Å². The topological polar surface area (TPSA) is 110 Å². The van der Waals surface area contributed by atoms with Gasteiger partial charge in [0.05, 0.1) is 30.5 Å². The fourth-order valence-electron chi connectivity index (χ4n) is 2.95. The lowest BCUT2D eigenvalue weighted by molar-refractivity contribution is -0.192. The standard InChI is InChI=1S/C20H18N4O2.C2HF3O2/c1-26-17-5-2-14(3-6-17)8-9-24-13-21-19-7-4-15(10-18(19)20(24)25)16-11-22-23-12-16;3-2(4,5)1(6)7/h2-7,10-13H,8-9H2,1H3,(H,22,23);(H,6,7). The predicted octanol–water partition coefficient (Wildman–Crippen LogP) is 3.67. The number of carbonyl (C=O) groups is 1. The van der Waals surface area contributed by atoms with Gasteiger partial charge in [-0.25, -0.2) is 9.78 Å². The zero-order valence-corrected chi connectivity index (χ0v) is 17.3. The molecule has 8 nitrogen and oxygen atoms in total. The second kappa shape index (κ2) is 9.98. The Labute approximate surface area is 185 Å². The fourth-order valence-corrected chi connectivity index (χ4v) is 2.95. The first-order chi connectivity index (χ1) is 15.7. The average Bonchev–Trinajstić information content (AvgIpc) is 3.34. The fraction of sp³-hybridized carbons (Fsp3) is 0.182. The quantitative estimate of drug-likeness (QED) is 0.470. The van der Waals surface area contributed by atoms with Crippen molar-refractivity contribution in [2.75, 3.05) is 7.11 Å². The van der Waals surface area contributed by atoms with Crippen molar-refractivity contribution in [3.05, 3.63) is 77.1 Å². The maximum atomic E-state index is 12.9. The summed E-state index contributed by atoms with van der Waals surface area (Å²) in [7, 11) is 1.65. The van der Waals surface area contributed by atoms with E-state index in [1.807, 2.05) is 42.5 Å². The van der Waals surface area contributed by atoms with Gasteiger partial charge in [0.15, 0.2) is 0 Å². The molecule has 4 rings (SSSR count). The van der Waals surface area contributed by atoms with E-state index in [2.05, 4.69) is 15.2 Å². The molecule has 2 aromatic heterocycles. The number of hydrogen-bond donors (Lipinski definition) is 2. The van der Waals surface area contributed by atoms with Crippen LogP contribution in [0.3, 0.4) is 0 Å². The highest BCUT2D eigenvalue weighted by Gasteiger charge is 2.38. The van der Waals surface area contributed by atoms with Crippen LogP contribution in [-0.2, 0) is 17.8 Å². The molecule has 0 aliphatic heterocycles. The number of H-pyrrole nitrogens is 1. The first-order valence-electron chi connectivity index (χ1n) is 9.60. The van der Waals surface area contributed by atoms with Crippen molar-refractivity contribution in [1.82, 2.24) is 19.7 Å². The van der Waals surface area contributed by atoms with E-state index in [0.29, 0.717) is 17.4 Å². The number of aromatic nitrogens is 4. The number of hydrogen-bond acceptors (Lipinski definition) is 5. The molecule has 2 N–H and O–H groups in total. The number of aliphatic carboxylic acids is 1. The van der Waals surface area contributed by atoms with E-state index >= 15 is 0 Å². The number of ether oxygens (including phenoxy) is 1. The Hall–Kier alpha value is -4.15. The van der Waals surface area contributed by atoms with Gasteiger partial charge in [-0.3, -0.25) is 14.5 Å². The molecule has 0 saturated carbocycles. The van der Waals surface area contributed by atoms with Crippen molar-refractivity contribution >= 4 is 16.9 Å². The molecule has 0 aliphatic rings. The molecule has 4 aromatic rings. The van der Waals surface area contributed by atoms with Crippen LogP contribution in [0.25, 0.3) is 22.0 Å². The number of alkyl halides is 3. The minimum atomic E-state index is -5.08. The summed E-state index contributed by atoms with van der Waals surface area (Å²) in [6, 6.07) is 13.6. The summed E-state index contributed by atoms with van der Waals surface area (Å²) in [6.07, 6.45) is 0.823. The molecule has 172 valence electrons. The molecule has 2 heterocycles. The van der Waals surface area contributed by atoms with Gasteiger partial charge >= 0.3 is 12.1 Å². The number of nitrogens with zero attached hydrogens (tertiary/aromatic N) is 3. The maximum Gasteiger partial charge on any atom is 0.490 e. The lowest BCUT2D eigenvalue weighted by Crippen LogP contribution is -2.21. The summed E-state index contributed by atoms with van der Waals surface area (Å²) in [5.74, 6) is -1.93. The molecule has 11 heteroatoms. The van der Waals surface area contributed by atoms with Crippen LogP contribution in [0.4, 0.5) is 13.2 Å². The second-order valence-electron chi connectivity index (χ2n) is 6.86. The third kappa shape index (κ3) is 5.97. The van der Waals surface area contributed by atoms with Crippen LogP contribution in [0.1, 0.15) is 5.56 Å². The third-order valence-corrected chi connectivity index (χ3v) is 4.70. The molecule has 0 unspecified atom stereocenters. The zero-order chi connectivity index (χ0) is 24.0. The summed E-state index contributed by atoms with van der Waals surface area (Å²) in [6.45, 7) is 0.573. The molecule has 2 aromatic carbocycles. The largest absolute Gasteiger partial charge is 0.497 e. The summed E-state index contributed by atoms with van der Waals surface area (Å²) in [5, 5.41) is 14.5. The smallest absolute Gasteiger partial charge is 0.490 e. The Balaban J connectivity index is 0.000000383. The number of fused-ring (bicyclic) bond motifs is 1. The number of rotatable bonds is 5. The van der Waals surface area contributed by atoms with Crippen LogP contribution in [0, 0.1) is 0 Å². The minimum absolute atomic E-state index is 0.0335. The van der Waals surface area contributed by atoms with Crippen molar-refractivity contribution < 1.29 is 27.8 Å².